The van der Waals surface area contributed by atoms with Gasteiger partial charge < -0.3 is 19.3 Å². The van der Waals surface area contributed by atoms with Crippen molar-refractivity contribution in [2.24, 2.45) is 0 Å². The number of H-pyrrole nitrogens is 1. The second-order valence-electron chi connectivity index (χ2n) is 13.9. The van der Waals surface area contributed by atoms with Gasteiger partial charge in [0.05, 0.1) is 41.5 Å². The number of piperazine rings is 1. The van der Waals surface area contributed by atoms with Gasteiger partial charge in [0.1, 0.15) is 12.4 Å². The number of hydrogen-bond acceptors (Lipinski definition) is 8. The standard InChI is InChI=1S/C36H42ClN7O4/c1-5-30(45)42-15-22(4)43(16-21(42)3)35-26-13-28(37)32(31-20(2)8-11-29-27(31)14-38-40-29)34-33(26)44(36(46)39-35)25(19-48-34)7-6-12-41-23-9-10-24(41)18-47-17-23/h5,8,11,13-14,21-25H,1,6-7,9-10,12,15-19H2,2-4H3,(H,38,40)/t21-,22+,23?,24?,25+/m1/s1. The Balaban J connectivity index is 1.25. The van der Waals surface area contributed by atoms with Crippen molar-refractivity contribution in [1.82, 2.24) is 29.5 Å². The molecule has 4 aliphatic rings. The van der Waals surface area contributed by atoms with Crippen molar-refractivity contribution in [3.05, 3.63) is 58.1 Å². The SMILES string of the molecule is C=CC(=O)N1C[C@H](C)N(c2nc(=O)n3c4c(c(-c5c(C)ccc6[nH]ncc56)c(Cl)cc24)OC[C@@H]3CCCN2C3CCC2COC3)C[C@H]1C. The molecule has 3 fully saturated rings. The molecule has 0 radical (unpaired) electrons. The van der Waals surface area contributed by atoms with E-state index in [1.807, 2.05) is 40.8 Å². The van der Waals surface area contributed by atoms with Crippen LogP contribution in [0.4, 0.5) is 5.82 Å². The molecule has 2 aromatic heterocycles. The zero-order chi connectivity index (χ0) is 33.3. The molecule has 0 saturated carbocycles. The summed E-state index contributed by atoms with van der Waals surface area (Å²) in [6.45, 7) is 13.7. The van der Waals surface area contributed by atoms with Crippen LogP contribution in [0.2, 0.25) is 5.02 Å². The number of nitrogens with one attached hydrogen (secondary N) is 1. The summed E-state index contributed by atoms with van der Waals surface area (Å²) in [5, 5.41) is 9.62. The van der Waals surface area contributed by atoms with Gasteiger partial charge in [0.15, 0.2) is 5.75 Å². The van der Waals surface area contributed by atoms with Crippen LogP contribution < -0.4 is 15.3 Å². The third-order valence-corrected chi connectivity index (χ3v) is 11.3. The van der Waals surface area contributed by atoms with E-state index < -0.39 is 0 Å². The van der Waals surface area contributed by atoms with Crippen molar-refractivity contribution in [3.63, 3.8) is 0 Å². The molecular weight excluding hydrogens is 630 g/mol. The molecule has 2 unspecified atom stereocenters. The van der Waals surface area contributed by atoms with Crippen molar-refractivity contribution in [2.75, 3.05) is 44.4 Å². The molecule has 5 atom stereocenters. The maximum absolute atomic E-state index is 14.3. The van der Waals surface area contributed by atoms with Crippen molar-refractivity contribution in [2.45, 2.75) is 76.7 Å². The quantitative estimate of drug-likeness (QED) is 0.271. The maximum Gasteiger partial charge on any atom is 0.350 e. The molecule has 8 rings (SSSR count). The minimum Gasteiger partial charge on any atom is -0.488 e. The molecule has 2 aromatic carbocycles. The van der Waals surface area contributed by atoms with Gasteiger partial charge in [0, 0.05) is 59.2 Å². The fourth-order valence-electron chi connectivity index (χ4n) is 8.62. The number of fused-ring (bicyclic) bond motifs is 3. The molecule has 4 aromatic rings. The number of aromatic nitrogens is 4. The van der Waals surface area contributed by atoms with Crippen molar-refractivity contribution in [1.29, 1.82) is 0 Å². The number of halogens is 1. The Hall–Kier alpha value is -3.93. The summed E-state index contributed by atoms with van der Waals surface area (Å²) >= 11 is 7.25. The molecule has 48 heavy (non-hydrogen) atoms. The van der Waals surface area contributed by atoms with Crippen LogP contribution in [-0.2, 0) is 9.53 Å². The normalized spacial score (nSPS) is 25.5. The number of morpholine rings is 1. The number of ether oxygens (including phenoxy) is 2. The van der Waals surface area contributed by atoms with Gasteiger partial charge in [-0.15, -0.1) is 0 Å². The number of benzene rings is 2. The van der Waals surface area contributed by atoms with E-state index in [0.717, 1.165) is 71.1 Å². The number of amides is 1. The first-order valence-electron chi connectivity index (χ1n) is 17.1. The monoisotopic (exact) mass is 671 g/mol. The summed E-state index contributed by atoms with van der Waals surface area (Å²) < 4.78 is 14.4. The zero-order valence-corrected chi connectivity index (χ0v) is 28.5. The molecule has 4 aliphatic heterocycles. The van der Waals surface area contributed by atoms with Crippen LogP contribution >= 0.6 is 11.6 Å². The Bertz CT molecular complexity index is 1970. The zero-order valence-electron chi connectivity index (χ0n) is 27.7. The average molecular weight is 672 g/mol. The summed E-state index contributed by atoms with van der Waals surface area (Å²) in [4.78, 5) is 38.3. The number of aryl methyl sites for hydroxylation is 1. The largest absolute Gasteiger partial charge is 0.488 e. The summed E-state index contributed by atoms with van der Waals surface area (Å²) in [5.74, 6) is 1.06. The van der Waals surface area contributed by atoms with Crippen LogP contribution in [0, 0.1) is 6.92 Å². The Morgan fingerprint density at radius 2 is 1.90 bits per heavy atom. The number of aromatic amines is 1. The second-order valence-corrected chi connectivity index (χ2v) is 14.4. The van der Waals surface area contributed by atoms with Crippen molar-refractivity contribution >= 4 is 45.1 Å². The van der Waals surface area contributed by atoms with Crippen LogP contribution in [0.15, 0.2) is 41.8 Å². The van der Waals surface area contributed by atoms with Crippen molar-refractivity contribution in [3.8, 4) is 16.9 Å². The van der Waals surface area contributed by atoms with Gasteiger partial charge in [-0.2, -0.15) is 10.1 Å². The number of hydrogen-bond donors (Lipinski definition) is 1. The summed E-state index contributed by atoms with van der Waals surface area (Å²) in [7, 11) is 0. The van der Waals surface area contributed by atoms with E-state index in [1.54, 1.807) is 0 Å². The third-order valence-electron chi connectivity index (χ3n) is 11.0. The molecule has 12 heteroatoms. The smallest absolute Gasteiger partial charge is 0.350 e. The maximum atomic E-state index is 14.3. The Kier molecular flexibility index (Phi) is 7.96. The molecule has 1 amide bonds. The first-order valence-corrected chi connectivity index (χ1v) is 17.5. The first-order chi connectivity index (χ1) is 23.2. The average Bonchev–Trinajstić information content (AvgIpc) is 3.63. The summed E-state index contributed by atoms with van der Waals surface area (Å²) in [6, 6.07) is 6.62. The number of nitrogens with zero attached hydrogens (tertiary/aromatic N) is 6. The molecule has 1 N–H and O–H groups in total. The Morgan fingerprint density at radius 1 is 1.10 bits per heavy atom. The Morgan fingerprint density at radius 3 is 2.67 bits per heavy atom. The van der Waals surface area contributed by atoms with Gasteiger partial charge in [-0.3, -0.25) is 19.4 Å². The number of rotatable bonds is 7. The predicted octanol–water partition coefficient (Wildman–Crippen LogP) is 5.09. The molecule has 3 saturated heterocycles. The lowest BCUT2D eigenvalue weighted by Crippen LogP contribution is -2.58. The van der Waals surface area contributed by atoms with Gasteiger partial charge in [0.25, 0.3) is 0 Å². The third kappa shape index (κ3) is 5.01. The Labute approximate surface area is 284 Å². The van der Waals surface area contributed by atoms with E-state index in [0.29, 0.717) is 48.4 Å². The fourth-order valence-corrected chi connectivity index (χ4v) is 8.91. The highest BCUT2D eigenvalue weighted by atomic mass is 35.5. The van der Waals surface area contributed by atoms with Gasteiger partial charge in [-0.25, -0.2) is 4.79 Å². The van der Waals surface area contributed by atoms with E-state index in [2.05, 4.69) is 40.4 Å². The number of carbonyl (C=O) groups excluding carboxylic acids is 1. The van der Waals surface area contributed by atoms with Gasteiger partial charge >= 0.3 is 5.69 Å². The molecule has 252 valence electrons. The lowest BCUT2D eigenvalue weighted by molar-refractivity contribution is -0.128. The molecule has 0 spiro atoms. The van der Waals surface area contributed by atoms with Crippen LogP contribution in [0.3, 0.4) is 0 Å². The second kappa shape index (κ2) is 12.2. The highest BCUT2D eigenvalue weighted by Gasteiger charge is 2.38. The van der Waals surface area contributed by atoms with E-state index in [9.17, 15) is 9.59 Å². The van der Waals surface area contributed by atoms with Gasteiger partial charge in [0.2, 0.25) is 5.91 Å². The number of anilines is 1. The van der Waals surface area contributed by atoms with E-state index >= 15 is 0 Å². The molecule has 6 heterocycles. The lowest BCUT2D eigenvalue weighted by atomic mass is 9.93. The molecule has 0 aliphatic carbocycles. The minimum atomic E-state index is -0.297. The van der Waals surface area contributed by atoms with E-state index in [4.69, 9.17) is 26.1 Å². The lowest BCUT2D eigenvalue weighted by Gasteiger charge is -2.45. The van der Waals surface area contributed by atoms with Crippen LogP contribution in [-0.4, -0.2) is 99.1 Å². The summed E-state index contributed by atoms with van der Waals surface area (Å²) in [6.07, 6.45) is 7.28. The molecular formula is C36H42ClN7O4. The van der Waals surface area contributed by atoms with Crippen molar-refractivity contribution < 1.29 is 14.3 Å². The van der Waals surface area contributed by atoms with E-state index in [-0.39, 0.29) is 29.7 Å². The molecule has 11 nitrogen and oxygen atoms in total. The highest BCUT2D eigenvalue weighted by Crippen LogP contribution is 2.49. The molecule has 2 bridgehead atoms. The van der Waals surface area contributed by atoms with Crippen LogP contribution in [0.25, 0.3) is 32.9 Å². The fraction of sp³-hybridized carbons (Fsp3) is 0.500. The first kappa shape index (κ1) is 31.3. The number of carbonyl (C=O) groups is 1. The minimum absolute atomic E-state index is 0.0941. The topological polar surface area (TPSA) is 109 Å². The van der Waals surface area contributed by atoms with Gasteiger partial charge in [-0.1, -0.05) is 24.2 Å². The van der Waals surface area contributed by atoms with Crippen LogP contribution in [0.1, 0.15) is 51.1 Å². The summed E-state index contributed by atoms with van der Waals surface area (Å²) in [5.41, 5.74) is 4.03. The highest BCUT2D eigenvalue weighted by molar-refractivity contribution is 6.35. The van der Waals surface area contributed by atoms with E-state index in [1.165, 1.54) is 18.9 Å². The predicted molar refractivity (Wildman–Crippen MR) is 187 cm³/mol. The van der Waals surface area contributed by atoms with Gasteiger partial charge in [-0.05, 0) is 76.8 Å². The van der Waals surface area contributed by atoms with Crippen LogP contribution in [0.5, 0.6) is 5.75 Å².